The molecule has 0 rings (SSSR count). The standard InChI is InChI=1S/C5H13BO.BH4.Na/c1-4-6(5-2)7-3;;/h4-5H2,1-3H3;1H4;/q;-1;+1. The fourth-order valence-corrected chi connectivity index (χ4v) is 0.622. The van der Waals surface area contributed by atoms with Gasteiger partial charge < -0.3 is 4.65 Å². The minimum Gasteiger partial charge on any atom is -0.439 e. The van der Waals surface area contributed by atoms with E-state index < -0.39 is 0 Å². The van der Waals surface area contributed by atoms with Gasteiger partial charge in [0.2, 0.25) is 0 Å². The zero-order valence-electron chi connectivity index (χ0n) is 6.40. The van der Waals surface area contributed by atoms with Crippen LogP contribution in [0.5, 0.6) is 0 Å². The van der Waals surface area contributed by atoms with Gasteiger partial charge in [-0.05, 0) is 0 Å². The summed E-state index contributed by atoms with van der Waals surface area (Å²) in [5, 5.41) is 0. The van der Waals surface area contributed by atoms with Crippen molar-refractivity contribution in [3.8, 4) is 0 Å². The Morgan fingerprint density at radius 2 is 1.56 bits per heavy atom. The largest absolute Gasteiger partial charge is 1.00 e. The summed E-state index contributed by atoms with van der Waals surface area (Å²) in [5.74, 6) is 0. The monoisotopic (exact) mass is 138 g/mol. The van der Waals surface area contributed by atoms with Crippen LogP contribution in [0, 0.1) is 0 Å². The normalized spacial score (nSPS) is 7.00. The van der Waals surface area contributed by atoms with Gasteiger partial charge in [-0.1, -0.05) is 34.9 Å². The second-order valence-corrected chi connectivity index (χ2v) is 1.67. The van der Waals surface area contributed by atoms with E-state index in [9.17, 15) is 0 Å². The Bertz CT molecular complexity index is 36.4. The van der Waals surface area contributed by atoms with Crippen LogP contribution in [0.4, 0.5) is 0 Å². The van der Waals surface area contributed by atoms with Gasteiger partial charge >= 0.3 is 29.6 Å². The van der Waals surface area contributed by atoms with Crippen LogP contribution < -0.4 is 29.6 Å². The van der Waals surface area contributed by atoms with Crippen LogP contribution in [0.3, 0.4) is 0 Å². The first-order chi connectivity index (χ1) is 3.35. The molecule has 0 aliphatic heterocycles. The van der Waals surface area contributed by atoms with E-state index in [2.05, 4.69) is 13.8 Å². The molecule has 0 bridgehead atoms. The van der Waals surface area contributed by atoms with Crippen LogP contribution in [0.2, 0.25) is 12.6 Å². The van der Waals surface area contributed by atoms with Gasteiger partial charge in [0.05, 0.1) is 0 Å². The van der Waals surface area contributed by atoms with Gasteiger partial charge in [0.1, 0.15) is 0 Å². The third-order valence-electron chi connectivity index (χ3n) is 1.24. The molecule has 0 aromatic carbocycles. The molecule has 1 nitrogen and oxygen atoms in total. The van der Waals surface area contributed by atoms with Crippen LogP contribution in [-0.2, 0) is 4.65 Å². The van der Waals surface area contributed by atoms with Gasteiger partial charge in [-0.2, -0.15) is 0 Å². The number of hydrogen-bond acceptors (Lipinski definition) is 1. The molecule has 0 aromatic rings. The minimum absolute atomic E-state index is 0. The molecule has 0 saturated carbocycles. The van der Waals surface area contributed by atoms with E-state index in [-0.39, 0.29) is 38.0 Å². The molecule has 0 aliphatic rings. The fourth-order valence-electron chi connectivity index (χ4n) is 0.622. The average Bonchev–Trinajstić information content (AvgIpc) is 1.72. The average molecular weight is 138 g/mol. The molecule has 4 heteroatoms. The molecule has 0 aliphatic carbocycles. The van der Waals surface area contributed by atoms with Crippen molar-refractivity contribution in [2.75, 3.05) is 7.11 Å². The Morgan fingerprint density at radius 1 is 1.22 bits per heavy atom. The first-order valence-electron chi connectivity index (χ1n) is 2.87. The Morgan fingerprint density at radius 3 is 1.56 bits per heavy atom. The predicted molar refractivity (Wildman–Crippen MR) is 45.1 cm³/mol. The molecule has 50 valence electrons. The van der Waals surface area contributed by atoms with E-state index in [0.29, 0.717) is 6.92 Å². The zero-order valence-corrected chi connectivity index (χ0v) is 8.40. The predicted octanol–water partition coefficient (Wildman–Crippen LogP) is -2.78. The number of rotatable bonds is 3. The SMILES string of the molecule is CCB(CC)OC.[BH4-].[Na+]. The summed E-state index contributed by atoms with van der Waals surface area (Å²) in [4.78, 5) is 0. The quantitative estimate of drug-likeness (QED) is 0.383. The van der Waals surface area contributed by atoms with Gasteiger partial charge in [0.15, 0.2) is 0 Å². The summed E-state index contributed by atoms with van der Waals surface area (Å²) in [6.45, 7) is 4.76. The molecule has 0 spiro atoms. The van der Waals surface area contributed by atoms with Crippen molar-refractivity contribution in [2.24, 2.45) is 0 Å². The smallest absolute Gasteiger partial charge is 0.439 e. The van der Waals surface area contributed by atoms with Crippen LogP contribution in [0.1, 0.15) is 13.8 Å². The fraction of sp³-hybridized carbons (Fsp3) is 1.00. The van der Waals surface area contributed by atoms with E-state index >= 15 is 0 Å². The van der Waals surface area contributed by atoms with Gasteiger partial charge in [-0.15, -0.1) is 0 Å². The van der Waals surface area contributed by atoms with Gasteiger partial charge in [0.25, 0.3) is 6.92 Å². The Balaban J connectivity index is -0.000000180. The van der Waals surface area contributed by atoms with Crippen molar-refractivity contribution >= 4 is 15.3 Å². The second kappa shape index (κ2) is 11.8. The maximum atomic E-state index is 5.05. The molecule has 0 fully saturated rings. The maximum absolute atomic E-state index is 5.05. The summed E-state index contributed by atoms with van der Waals surface area (Å²) >= 11 is 0. The third kappa shape index (κ3) is 9.09. The van der Waals surface area contributed by atoms with Crippen LogP contribution in [0.15, 0.2) is 0 Å². The maximum Gasteiger partial charge on any atom is 1.00 e. The molecular formula is C5H17B2NaO. The van der Waals surface area contributed by atoms with Crippen molar-refractivity contribution < 1.29 is 34.2 Å². The molecule has 0 N–H and O–H groups in total. The van der Waals surface area contributed by atoms with Crippen molar-refractivity contribution in [3.63, 3.8) is 0 Å². The first-order valence-corrected chi connectivity index (χ1v) is 2.87. The number of hydrogen-bond donors (Lipinski definition) is 0. The molecule has 0 heterocycles. The van der Waals surface area contributed by atoms with Crippen molar-refractivity contribution in [1.29, 1.82) is 0 Å². The summed E-state index contributed by atoms with van der Waals surface area (Å²) in [6, 6.07) is 0. The summed E-state index contributed by atoms with van der Waals surface area (Å²) in [7, 11) is 1.76. The van der Waals surface area contributed by atoms with E-state index in [4.69, 9.17) is 4.65 Å². The van der Waals surface area contributed by atoms with E-state index in [1.807, 2.05) is 0 Å². The zero-order chi connectivity index (χ0) is 5.70. The van der Waals surface area contributed by atoms with Gasteiger partial charge in [-0.3, -0.25) is 0 Å². The third-order valence-corrected chi connectivity index (χ3v) is 1.24. The summed E-state index contributed by atoms with van der Waals surface area (Å²) in [5.41, 5.74) is 0. The Hall–Kier alpha value is 1.09. The molecule has 0 radical (unpaired) electrons. The van der Waals surface area contributed by atoms with Gasteiger partial charge in [0, 0.05) is 7.11 Å². The van der Waals surface area contributed by atoms with E-state index in [1.165, 1.54) is 0 Å². The van der Waals surface area contributed by atoms with Crippen molar-refractivity contribution in [3.05, 3.63) is 0 Å². The van der Waals surface area contributed by atoms with Crippen molar-refractivity contribution in [2.45, 2.75) is 26.5 Å². The minimum atomic E-state index is 0. The molecule has 0 unspecified atom stereocenters. The molecule has 0 aromatic heterocycles. The molecular weight excluding hydrogens is 121 g/mol. The van der Waals surface area contributed by atoms with E-state index in [0.717, 1.165) is 12.6 Å². The van der Waals surface area contributed by atoms with Crippen molar-refractivity contribution in [1.82, 2.24) is 0 Å². The second-order valence-electron chi connectivity index (χ2n) is 1.67. The van der Waals surface area contributed by atoms with Crippen LogP contribution in [0.25, 0.3) is 0 Å². The van der Waals surface area contributed by atoms with E-state index in [1.54, 1.807) is 7.11 Å². The summed E-state index contributed by atoms with van der Waals surface area (Å²) < 4.78 is 5.05. The Kier molecular flexibility index (Phi) is 21.8. The van der Waals surface area contributed by atoms with Crippen LogP contribution >= 0.6 is 0 Å². The molecule has 0 amide bonds. The first kappa shape index (κ1) is 16.6. The molecule has 9 heavy (non-hydrogen) atoms. The van der Waals surface area contributed by atoms with Crippen LogP contribution in [-0.4, -0.2) is 22.4 Å². The molecule has 0 saturated heterocycles. The van der Waals surface area contributed by atoms with Gasteiger partial charge in [-0.25, -0.2) is 0 Å². The topological polar surface area (TPSA) is 9.23 Å². The summed E-state index contributed by atoms with van der Waals surface area (Å²) in [6.07, 6.45) is 2.26. The molecule has 0 atom stereocenters. The Labute approximate surface area is 82.9 Å².